The molecule has 5 heteroatoms. The zero-order valence-electron chi connectivity index (χ0n) is 13.8. The third-order valence-corrected chi connectivity index (χ3v) is 3.82. The van der Waals surface area contributed by atoms with Gasteiger partial charge in [0, 0.05) is 10.6 Å². The van der Waals surface area contributed by atoms with E-state index in [0.717, 1.165) is 5.56 Å². The summed E-state index contributed by atoms with van der Waals surface area (Å²) >= 11 is 12.1. The maximum atomic E-state index is 9.50. The van der Waals surface area contributed by atoms with Gasteiger partial charge in [0.1, 0.15) is 6.61 Å². The van der Waals surface area contributed by atoms with Crippen molar-refractivity contribution in [3.05, 3.63) is 70.2 Å². The first-order valence-corrected chi connectivity index (χ1v) is 8.42. The molecule has 2 aromatic rings. The van der Waals surface area contributed by atoms with Crippen molar-refractivity contribution in [2.75, 3.05) is 13.2 Å². The zero-order valence-corrected chi connectivity index (χ0v) is 15.3. The maximum Gasteiger partial charge on any atom is 0.161 e. The zero-order chi connectivity index (χ0) is 18.2. The SMILES string of the molecule is C=CCOc1ccc(/C=C(\C#N)c2ccc(Cl)cc2Cl)cc1OCC. The molecule has 0 saturated heterocycles. The standard InChI is InChI=1S/C20H17Cl2NO2/c1-3-9-25-19-8-5-14(11-20(19)24-4-2)10-15(13-23)17-7-6-16(21)12-18(17)22/h3,5-8,10-12H,1,4,9H2,2H3/b15-10+. The monoisotopic (exact) mass is 373 g/mol. The lowest BCUT2D eigenvalue weighted by Crippen LogP contribution is -1.99. The van der Waals surface area contributed by atoms with Gasteiger partial charge in [0.2, 0.25) is 0 Å². The Balaban J connectivity index is 2.41. The van der Waals surface area contributed by atoms with Gasteiger partial charge in [0.25, 0.3) is 0 Å². The molecule has 0 radical (unpaired) electrons. The highest BCUT2D eigenvalue weighted by Gasteiger charge is 2.09. The average molecular weight is 374 g/mol. The Bertz CT molecular complexity index is 838. The Labute approximate surface area is 157 Å². The highest BCUT2D eigenvalue weighted by Crippen LogP contribution is 2.32. The van der Waals surface area contributed by atoms with E-state index in [4.69, 9.17) is 32.7 Å². The highest BCUT2D eigenvalue weighted by molar-refractivity contribution is 6.36. The van der Waals surface area contributed by atoms with Gasteiger partial charge in [-0.25, -0.2) is 0 Å². The van der Waals surface area contributed by atoms with Crippen molar-refractivity contribution >= 4 is 34.9 Å². The van der Waals surface area contributed by atoms with Gasteiger partial charge in [-0.05, 0) is 42.8 Å². The number of benzene rings is 2. The number of nitrogens with zero attached hydrogens (tertiary/aromatic N) is 1. The quantitative estimate of drug-likeness (QED) is 0.338. The van der Waals surface area contributed by atoms with Crippen molar-refractivity contribution in [3.8, 4) is 17.6 Å². The summed E-state index contributed by atoms with van der Waals surface area (Å²) in [4.78, 5) is 0. The topological polar surface area (TPSA) is 42.2 Å². The average Bonchev–Trinajstić information content (AvgIpc) is 2.60. The molecule has 0 spiro atoms. The minimum absolute atomic E-state index is 0.388. The van der Waals surface area contributed by atoms with Gasteiger partial charge in [-0.2, -0.15) is 5.26 Å². The largest absolute Gasteiger partial charge is 0.490 e. The molecule has 128 valence electrons. The van der Waals surface area contributed by atoms with Crippen LogP contribution in [0, 0.1) is 11.3 Å². The molecule has 0 N–H and O–H groups in total. The molecule has 25 heavy (non-hydrogen) atoms. The number of hydrogen-bond donors (Lipinski definition) is 0. The van der Waals surface area contributed by atoms with Gasteiger partial charge in [0.05, 0.1) is 23.3 Å². The summed E-state index contributed by atoms with van der Waals surface area (Å²) in [7, 11) is 0. The fraction of sp³-hybridized carbons (Fsp3) is 0.150. The van der Waals surface area contributed by atoms with Crippen molar-refractivity contribution in [1.29, 1.82) is 5.26 Å². The van der Waals surface area contributed by atoms with Crippen LogP contribution in [0.4, 0.5) is 0 Å². The Hall–Kier alpha value is -2.41. The van der Waals surface area contributed by atoms with E-state index in [-0.39, 0.29) is 0 Å². The number of halogens is 2. The Morgan fingerprint density at radius 1 is 1.16 bits per heavy atom. The molecule has 2 aromatic carbocycles. The number of rotatable bonds is 7. The van der Waals surface area contributed by atoms with Gasteiger partial charge in [-0.3, -0.25) is 0 Å². The van der Waals surface area contributed by atoms with Crippen LogP contribution in [-0.4, -0.2) is 13.2 Å². The van der Waals surface area contributed by atoms with E-state index in [2.05, 4.69) is 12.6 Å². The number of hydrogen-bond acceptors (Lipinski definition) is 3. The van der Waals surface area contributed by atoms with E-state index >= 15 is 0 Å². The molecule has 0 atom stereocenters. The molecule has 0 bridgehead atoms. The molecule has 0 unspecified atom stereocenters. The third-order valence-electron chi connectivity index (χ3n) is 3.28. The molecule has 0 saturated carbocycles. The summed E-state index contributed by atoms with van der Waals surface area (Å²) in [5, 5.41) is 10.4. The molecule has 3 nitrogen and oxygen atoms in total. The summed E-state index contributed by atoms with van der Waals surface area (Å²) in [5.41, 5.74) is 1.86. The van der Waals surface area contributed by atoms with E-state index in [0.29, 0.717) is 45.9 Å². The van der Waals surface area contributed by atoms with E-state index in [1.54, 1.807) is 36.4 Å². The van der Waals surface area contributed by atoms with Gasteiger partial charge in [-0.1, -0.05) is 48.0 Å². The van der Waals surface area contributed by atoms with Crippen LogP contribution in [0.25, 0.3) is 11.6 Å². The smallest absolute Gasteiger partial charge is 0.161 e. The van der Waals surface area contributed by atoms with Crippen LogP contribution in [0.2, 0.25) is 10.0 Å². The predicted octanol–water partition coefficient (Wildman–Crippen LogP) is 6.02. The number of ether oxygens (including phenoxy) is 2. The molecule has 0 aliphatic rings. The maximum absolute atomic E-state index is 9.50. The molecule has 0 aliphatic carbocycles. The van der Waals surface area contributed by atoms with E-state index in [1.165, 1.54) is 0 Å². The lowest BCUT2D eigenvalue weighted by atomic mass is 10.0. The van der Waals surface area contributed by atoms with Crippen molar-refractivity contribution in [1.82, 2.24) is 0 Å². The number of nitriles is 1. The lowest BCUT2D eigenvalue weighted by Gasteiger charge is -2.11. The Kier molecular flexibility index (Phi) is 6.94. The van der Waals surface area contributed by atoms with Crippen LogP contribution in [0.5, 0.6) is 11.5 Å². The van der Waals surface area contributed by atoms with Crippen molar-refractivity contribution < 1.29 is 9.47 Å². The molecular formula is C20H17Cl2NO2. The molecule has 0 heterocycles. The first-order chi connectivity index (χ1) is 12.1. The molecule has 2 rings (SSSR count). The van der Waals surface area contributed by atoms with E-state index in [1.807, 2.05) is 19.1 Å². The summed E-state index contributed by atoms with van der Waals surface area (Å²) in [5.74, 6) is 1.24. The third kappa shape index (κ3) is 5.03. The Morgan fingerprint density at radius 2 is 1.96 bits per heavy atom. The minimum atomic E-state index is 0.388. The highest BCUT2D eigenvalue weighted by atomic mass is 35.5. The predicted molar refractivity (Wildman–Crippen MR) is 103 cm³/mol. The van der Waals surface area contributed by atoms with Crippen molar-refractivity contribution in [2.45, 2.75) is 6.92 Å². The second-order valence-electron chi connectivity index (χ2n) is 5.03. The van der Waals surface area contributed by atoms with Crippen LogP contribution < -0.4 is 9.47 Å². The van der Waals surface area contributed by atoms with Crippen LogP contribution in [0.3, 0.4) is 0 Å². The molecule has 0 fully saturated rings. The fourth-order valence-corrected chi connectivity index (χ4v) is 2.71. The van der Waals surface area contributed by atoms with Gasteiger partial charge < -0.3 is 9.47 Å². The summed E-state index contributed by atoms with van der Waals surface area (Å²) < 4.78 is 11.2. The van der Waals surface area contributed by atoms with Gasteiger partial charge in [-0.15, -0.1) is 0 Å². The molecule has 0 aromatic heterocycles. The van der Waals surface area contributed by atoms with Crippen LogP contribution in [0.15, 0.2) is 49.1 Å². The van der Waals surface area contributed by atoms with Crippen LogP contribution in [-0.2, 0) is 0 Å². The molecule has 0 aliphatic heterocycles. The van der Waals surface area contributed by atoms with E-state index in [9.17, 15) is 5.26 Å². The van der Waals surface area contributed by atoms with E-state index < -0.39 is 0 Å². The molecule has 0 amide bonds. The normalized spacial score (nSPS) is 10.9. The Morgan fingerprint density at radius 3 is 2.60 bits per heavy atom. The van der Waals surface area contributed by atoms with Gasteiger partial charge >= 0.3 is 0 Å². The van der Waals surface area contributed by atoms with Crippen LogP contribution >= 0.6 is 23.2 Å². The van der Waals surface area contributed by atoms with Crippen molar-refractivity contribution in [2.24, 2.45) is 0 Å². The van der Waals surface area contributed by atoms with Crippen molar-refractivity contribution in [3.63, 3.8) is 0 Å². The second kappa shape index (κ2) is 9.17. The lowest BCUT2D eigenvalue weighted by molar-refractivity contribution is 0.297. The van der Waals surface area contributed by atoms with Crippen LogP contribution in [0.1, 0.15) is 18.1 Å². The first kappa shape index (κ1) is 18.9. The summed E-state index contributed by atoms with van der Waals surface area (Å²) in [6.07, 6.45) is 3.41. The molecular weight excluding hydrogens is 357 g/mol. The number of allylic oxidation sites excluding steroid dienone is 1. The first-order valence-electron chi connectivity index (χ1n) is 7.66. The second-order valence-corrected chi connectivity index (χ2v) is 5.88. The van der Waals surface area contributed by atoms with Gasteiger partial charge in [0.15, 0.2) is 11.5 Å². The summed E-state index contributed by atoms with van der Waals surface area (Å²) in [6, 6.07) is 12.7. The summed E-state index contributed by atoms with van der Waals surface area (Å²) in [6.45, 7) is 6.42. The minimum Gasteiger partial charge on any atom is -0.490 e. The fourth-order valence-electron chi connectivity index (χ4n) is 2.20.